The maximum absolute atomic E-state index is 14.3. The predicted octanol–water partition coefficient (Wildman–Crippen LogP) is 3.07. The minimum Gasteiger partial charge on any atom is -0.359 e. The van der Waals surface area contributed by atoms with Crippen molar-refractivity contribution in [3.05, 3.63) is 40.6 Å². The van der Waals surface area contributed by atoms with Gasteiger partial charge >= 0.3 is 0 Å². The first-order chi connectivity index (χ1) is 9.88. The van der Waals surface area contributed by atoms with Gasteiger partial charge in [0.2, 0.25) is 11.2 Å². The minimum atomic E-state index is -1.51. The summed E-state index contributed by atoms with van der Waals surface area (Å²) in [7, 11) is 1.47. The van der Waals surface area contributed by atoms with Crippen molar-refractivity contribution in [1.29, 1.82) is 0 Å². The van der Waals surface area contributed by atoms with Crippen LogP contribution in [0.15, 0.2) is 30.3 Å². The van der Waals surface area contributed by atoms with Gasteiger partial charge in [0.1, 0.15) is 10.8 Å². The molecule has 1 heterocycles. The van der Waals surface area contributed by atoms with Crippen molar-refractivity contribution in [2.45, 2.75) is 4.45 Å². The van der Waals surface area contributed by atoms with Crippen molar-refractivity contribution in [3.8, 4) is 0 Å². The smallest absolute Gasteiger partial charge is 0.230 e. The number of carbonyl (C=O) groups excluding carboxylic acids is 1. The molecule has 5 nitrogen and oxygen atoms in total. The van der Waals surface area contributed by atoms with Crippen molar-refractivity contribution in [3.63, 3.8) is 0 Å². The van der Waals surface area contributed by atoms with Gasteiger partial charge in [0.05, 0.1) is 12.1 Å². The molecule has 0 saturated carbocycles. The number of carbonyl (C=O) groups is 1. The third-order valence-electron chi connectivity index (χ3n) is 2.87. The average molecular weight is 396 g/mol. The standard InChI is InChI=1S/C12H10BrCl2FN4O/c1-17-10(21)6-3-2-4-8(16)12(6,13)20-9-7(14)5-18-11(15)19-9/h2-6H,1H3,(H,17,21)(H,18,19,20). The molecule has 2 N–H and O–H groups in total. The topological polar surface area (TPSA) is 66.9 Å². The SMILES string of the molecule is CNC(=O)C1C=CC=C(F)C1(Br)Nc1nc(Cl)ncc1Cl. The third kappa shape index (κ3) is 3.20. The lowest BCUT2D eigenvalue weighted by Gasteiger charge is -2.34. The maximum atomic E-state index is 14.3. The Morgan fingerprint density at radius 2 is 2.24 bits per heavy atom. The van der Waals surface area contributed by atoms with Crippen LogP contribution in [0, 0.1) is 5.92 Å². The highest BCUT2D eigenvalue weighted by molar-refractivity contribution is 9.10. The number of anilines is 1. The normalized spacial score (nSPS) is 24.4. The summed E-state index contributed by atoms with van der Waals surface area (Å²) in [5.41, 5.74) is 0. The van der Waals surface area contributed by atoms with Crippen LogP contribution in [0.1, 0.15) is 0 Å². The van der Waals surface area contributed by atoms with Crippen molar-refractivity contribution in [1.82, 2.24) is 15.3 Å². The van der Waals surface area contributed by atoms with Crippen LogP contribution in [0.4, 0.5) is 10.2 Å². The molecule has 1 aromatic heterocycles. The molecule has 2 rings (SSSR count). The second-order valence-corrected chi connectivity index (χ2v) is 6.16. The third-order valence-corrected chi connectivity index (χ3v) is 4.40. The van der Waals surface area contributed by atoms with Gasteiger partial charge in [-0.05, 0) is 17.7 Å². The molecule has 1 aliphatic rings. The van der Waals surface area contributed by atoms with E-state index in [1.807, 2.05) is 0 Å². The number of rotatable bonds is 3. The second-order valence-electron chi connectivity index (χ2n) is 4.16. The van der Waals surface area contributed by atoms with E-state index in [1.54, 1.807) is 6.08 Å². The van der Waals surface area contributed by atoms with Crippen LogP contribution in [-0.4, -0.2) is 27.4 Å². The van der Waals surface area contributed by atoms with Crippen LogP contribution in [0.5, 0.6) is 0 Å². The number of halogens is 4. The van der Waals surface area contributed by atoms with Gasteiger partial charge in [0, 0.05) is 7.05 Å². The Balaban J connectivity index is 2.42. The number of alkyl halides is 1. The molecule has 1 aromatic rings. The largest absolute Gasteiger partial charge is 0.359 e. The number of allylic oxidation sites excluding steroid dienone is 2. The quantitative estimate of drug-likeness (QED) is 0.469. The minimum absolute atomic E-state index is 0.0507. The molecule has 0 bridgehead atoms. The molecule has 2 atom stereocenters. The Kier molecular flexibility index (Phi) is 4.85. The number of nitrogens with one attached hydrogen (secondary N) is 2. The number of nitrogens with zero attached hydrogens (tertiary/aromatic N) is 2. The van der Waals surface area contributed by atoms with Crippen molar-refractivity contribution in [2.24, 2.45) is 5.92 Å². The van der Waals surface area contributed by atoms with Crippen LogP contribution in [0.2, 0.25) is 10.3 Å². The first-order valence-electron chi connectivity index (χ1n) is 5.79. The van der Waals surface area contributed by atoms with Crippen LogP contribution in [0.3, 0.4) is 0 Å². The molecule has 21 heavy (non-hydrogen) atoms. The molecular weight excluding hydrogens is 386 g/mol. The Hall–Kier alpha value is -1.18. The number of hydrogen-bond acceptors (Lipinski definition) is 4. The van der Waals surface area contributed by atoms with E-state index in [1.165, 1.54) is 25.4 Å². The number of hydrogen-bond donors (Lipinski definition) is 2. The summed E-state index contributed by atoms with van der Waals surface area (Å²) in [5, 5.41) is 5.35. The van der Waals surface area contributed by atoms with E-state index in [0.29, 0.717) is 0 Å². The summed E-state index contributed by atoms with van der Waals surface area (Å²) >= 11 is 14.9. The van der Waals surface area contributed by atoms with Crippen LogP contribution < -0.4 is 10.6 Å². The Morgan fingerprint density at radius 3 is 2.90 bits per heavy atom. The fraction of sp³-hybridized carbons (Fsp3) is 0.250. The van der Waals surface area contributed by atoms with E-state index in [-0.39, 0.29) is 22.0 Å². The summed E-state index contributed by atoms with van der Waals surface area (Å²) in [6.45, 7) is 0. The summed E-state index contributed by atoms with van der Waals surface area (Å²) in [6, 6.07) is 0. The summed E-state index contributed by atoms with van der Waals surface area (Å²) in [6.07, 6.45) is 5.54. The average Bonchev–Trinajstić information content (AvgIpc) is 2.45. The van der Waals surface area contributed by atoms with E-state index >= 15 is 0 Å². The van der Waals surface area contributed by atoms with E-state index < -0.39 is 16.2 Å². The number of aromatic nitrogens is 2. The highest BCUT2D eigenvalue weighted by Gasteiger charge is 2.45. The molecule has 0 aromatic carbocycles. The molecule has 0 radical (unpaired) electrons. The molecule has 1 amide bonds. The van der Waals surface area contributed by atoms with Crippen molar-refractivity contribution in [2.75, 3.05) is 12.4 Å². The van der Waals surface area contributed by atoms with E-state index in [9.17, 15) is 9.18 Å². The monoisotopic (exact) mass is 394 g/mol. The fourth-order valence-electron chi connectivity index (χ4n) is 1.82. The highest BCUT2D eigenvalue weighted by Crippen LogP contribution is 2.41. The Morgan fingerprint density at radius 1 is 1.52 bits per heavy atom. The van der Waals surface area contributed by atoms with Gasteiger partial charge in [0.15, 0.2) is 10.3 Å². The summed E-state index contributed by atoms with van der Waals surface area (Å²) < 4.78 is 12.8. The van der Waals surface area contributed by atoms with Gasteiger partial charge in [-0.1, -0.05) is 39.7 Å². The maximum Gasteiger partial charge on any atom is 0.230 e. The second kappa shape index (κ2) is 6.29. The lowest BCUT2D eigenvalue weighted by atomic mass is 9.93. The lowest BCUT2D eigenvalue weighted by Crippen LogP contribution is -2.48. The molecule has 112 valence electrons. The fourth-order valence-corrected chi connectivity index (χ4v) is 2.77. The molecule has 0 spiro atoms. The van der Waals surface area contributed by atoms with E-state index in [2.05, 4.69) is 36.5 Å². The molecule has 0 aliphatic heterocycles. The van der Waals surface area contributed by atoms with Crippen LogP contribution in [0.25, 0.3) is 0 Å². The molecule has 2 unspecified atom stereocenters. The van der Waals surface area contributed by atoms with Crippen molar-refractivity contribution >= 4 is 50.9 Å². The van der Waals surface area contributed by atoms with Gasteiger partial charge < -0.3 is 10.6 Å². The molecular formula is C12H10BrCl2FN4O. The number of amides is 1. The summed E-state index contributed by atoms with van der Waals surface area (Å²) in [5.74, 6) is -1.71. The zero-order valence-electron chi connectivity index (χ0n) is 10.7. The molecule has 0 saturated heterocycles. The van der Waals surface area contributed by atoms with Crippen molar-refractivity contribution < 1.29 is 9.18 Å². The predicted molar refractivity (Wildman–Crippen MR) is 83.2 cm³/mol. The lowest BCUT2D eigenvalue weighted by molar-refractivity contribution is -0.123. The Labute approximate surface area is 138 Å². The Bertz CT molecular complexity index is 640. The van der Waals surface area contributed by atoms with Gasteiger partial charge in [-0.3, -0.25) is 4.79 Å². The summed E-state index contributed by atoms with van der Waals surface area (Å²) in [4.78, 5) is 19.6. The van der Waals surface area contributed by atoms with Gasteiger partial charge in [-0.2, -0.15) is 4.98 Å². The molecule has 9 heteroatoms. The molecule has 0 fully saturated rings. The zero-order valence-corrected chi connectivity index (χ0v) is 13.8. The van der Waals surface area contributed by atoms with Gasteiger partial charge in [-0.25, -0.2) is 9.37 Å². The van der Waals surface area contributed by atoms with E-state index in [4.69, 9.17) is 23.2 Å². The first kappa shape index (κ1) is 16.2. The molecule has 1 aliphatic carbocycles. The zero-order chi connectivity index (χ0) is 15.6. The first-order valence-corrected chi connectivity index (χ1v) is 7.34. The van der Waals surface area contributed by atoms with E-state index in [0.717, 1.165) is 0 Å². The van der Waals surface area contributed by atoms with Crippen LogP contribution >= 0.6 is 39.1 Å². The van der Waals surface area contributed by atoms with Crippen LogP contribution in [-0.2, 0) is 4.79 Å². The highest BCUT2D eigenvalue weighted by atomic mass is 79.9. The van der Waals surface area contributed by atoms with Gasteiger partial charge in [-0.15, -0.1) is 0 Å². The van der Waals surface area contributed by atoms with Gasteiger partial charge in [0.25, 0.3) is 0 Å².